The van der Waals surface area contributed by atoms with Gasteiger partial charge in [-0.2, -0.15) is 0 Å². The molecule has 1 saturated heterocycles. The van der Waals surface area contributed by atoms with E-state index in [2.05, 4.69) is 31.6 Å². The van der Waals surface area contributed by atoms with Gasteiger partial charge in [-0.05, 0) is 90.8 Å². The molecule has 4 amide bonds. The predicted octanol–water partition coefficient (Wildman–Crippen LogP) is -2.91. The molecule has 240 valence electrons. The molecule has 0 spiro atoms. The summed E-state index contributed by atoms with van der Waals surface area (Å²) in [5.74, 6) is -3.48. The van der Waals surface area contributed by atoms with Crippen LogP contribution in [-0.4, -0.2) is 97.1 Å². The number of hydrogen-bond acceptors (Lipinski definition) is 9. The minimum atomic E-state index is -1.24. The lowest BCUT2D eigenvalue weighted by Crippen LogP contribution is -2.58. The molecule has 0 aliphatic carbocycles. The zero-order valence-electron chi connectivity index (χ0n) is 24.5. The number of hydrogen-bond donors (Lipinski definition) is 10. The Labute approximate surface area is 246 Å². The third-order valence-corrected chi connectivity index (χ3v) is 6.85. The zero-order chi connectivity index (χ0) is 31.5. The summed E-state index contributed by atoms with van der Waals surface area (Å²) in [7, 11) is 0. The van der Waals surface area contributed by atoms with Gasteiger partial charge >= 0.3 is 5.97 Å². The fourth-order valence-corrected chi connectivity index (χ4v) is 4.41. The first-order valence-electron chi connectivity index (χ1n) is 14.6. The average molecular weight is 599 g/mol. The summed E-state index contributed by atoms with van der Waals surface area (Å²) >= 11 is 0. The van der Waals surface area contributed by atoms with Gasteiger partial charge < -0.3 is 54.6 Å². The quantitative estimate of drug-likeness (QED) is 0.0363. The summed E-state index contributed by atoms with van der Waals surface area (Å²) in [5.41, 5.74) is 21.8. The molecule has 0 aromatic rings. The second kappa shape index (κ2) is 20.4. The summed E-state index contributed by atoms with van der Waals surface area (Å²) in [5, 5.41) is 23.2. The molecule has 1 aliphatic heterocycles. The van der Waals surface area contributed by atoms with Crippen LogP contribution in [0, 0.1) is 0 Å². The molecule has 0 aromatic carbocycles. The smallest absolute Gasteiger partial charge is 0.326 e. The normalized spacial score (nSPS) is 17.3. The maximum absolute atomic E-state index is 13.4. The monoisotopic (exact) mass is 598 g/mol. The van der Waals surface area contributed by atoms with Crippen molar-refractivity contribution in [1.82, 2.24) is 26.6 Å². The van der Waals surface area contributed by atoms with Crippen molar-refractivity contribution >= 4 is 35.6 Å². The molecule has 1 heterocycles. The number of nitrogens with zero attached hydrogens (tertiary/aromatic N) is 1. The molecule has 1 fully saturated rings. The van der Waals surface area contributed by atoms with Gasteiger partial charge in [0.2, 0.25) is 23.6 Å². The van der Waals surface area contributed by atoms with Crippen molar-refractivity contribution < 1.29 is 29.1 Å². The van der Waals surface area contributed by atoms with Crippen LogP contribution < -0.4 is 49.5 Å². The molecule has 14 N–H and O–H groups in total. The van der Waals surface area contributed by atoms with Crippen LogP contribution in [0.3, 0.4) is 0 Å². The minimum absolute atomic E-state index is 0.0685. The van der Waals surface area contributed by atoms with Gasteiger partial charge in [0.15, 0.2) is 5.96 Å². The number of aliphatic carboxylic acids is 1. The van der Waals surface area contributed by atoms with Gasteiger partial charge in [0.25, 0.3) is 0 Å². The van der Waals surface area contributed by atoms with Gasteiger partial charge in [0.05, 0.1) is 6.04 Å². The van der Waals surface area contributed by atoms with Crippen molar-refractivity contribution in [1.29, 1.82) is 0 Å². The van der Waals surface area contributed by atoms with Gasteiger partial charge in [-0.1, -0.05) is 0 Å². The maximum atomic E-state index is 13.4. The molecular weight excluding hydrogens is 548 g/mol. The molecule has 0 bridgehead atoms. The number of rotatable bonds is 21. The first-order chi connectivity index (χ1) is 20.0. The SMILES string of the molecule is C[C@H](NC(=O)[C@H]1CCCN1)C(=O)N[C@@H](CCCCN)C(=O)N[C@@H](CCCCN)C(=O)N[C@@H](CCCN=C(N)N)C(=O)O. The fraction of sp³-hybridized carbons (Fsp3) is 0.769. The topological polar surface area (TPSA) is 282 Å². The lowest BCUT2D eigenvalue weighted by molar-refractivity contribution is -0.142. The molecule has 0 aromatic heterocycles. The first kappa shape index (κ1) is 36.5. The molecule has 5 atom stereocenters. The Morgan fingerprint density at radius 1 is 0.810 bits per heavy atom. The van der Waals surface area contributed by atoms with Crippen LogP contribution in [0.25, 0.3) is 0 Å². The Bertz CT molecular complexity index is 908. The third kappa shape index (κ3) is 14.4. The van der Waals surface area contributed by atoms with Crippen LogP contribution >= 0.6 is 0 Å². The number of unbranched alkanes of at least 4 members (excludes halogenated alkanes) is 2. The lowest BCUT2D eigenvalue weighted by Gasteiger charge is -2.26. The number of carbonyl (C=O) groups excluding carboxylic acids is 4. The Hall–Kier alpha value is -3.50. The van der Waals surface area contributed by atoms with Gasteiger partial charge in [-0.3, -0.25) is 24.2 Å². The average Bonchev–Trinajstić information content (AvgIpc) is 3.48. The number of amides is 4. The summed E-state index contributed by atoms with van der Waals surface area (Å²) < 4.78 is 0. The van der Waals surface area contributed by atoms with Crippen LogP contribution in [-0.2, 0) is 24.0 Å². The molecule has 1 rings (SSSR count). The van der Waals surface area contributed by atoms with E-state index in [-0.39, 0.29) is 43.7 Å². The number of aliphatic imine (C=N–C) groups is 1. The van der Waals surface area contributed by atoms with E-state index < -0.39 is 47.9 Å². The highest BCUT2D eigenvalue weighted by Gasteiger charge is 2.31. The summed E-state index contributed by atoms with van der Waals surface area (Å²) in [6.07, 6.45) is 4.61. The number of carbonyl (C=O) groups is 5. The Morgan fingerprint density at radius 2 is 1.33 bits per heavy atom. The number of carboxylic acid groups (broad SMARTS) is 1. The third-order valence-electron chi connectivity index (χ3n) is 6.85. The van der Waals surface area contributed by atoms with E-state index in [1.807, 2.05) is 0 Å². The molecule has 1 aliphatic rings. The van der Waals surface area contributed by atoms with Crippen LogP contribution in [0.1, 0.15) is 71.1 Å². The van der Waals surface area contributed by atoms with Crippen LogP contribution in [0.2, 0.25) is 0 Å². The van der Waals surface area contributed by atoms with Crippen molar-refractivity contribution in [3.63, 3.8) is 0 Å². The second-order valence-electron chi connectivity index (χ2n) is 10.4. The van der Waals surface area contributed by atoms with E-state index in [1.54, 1.807) is 0 Å². The Kier molecular flexibility index (Phi) is 17.7. The molecule has 0 unspecified atom stereocenters. The highest BCUT2D eigenvalue weighted by Crippen LogP contribution is 2.08. The van der Waals surface area contributed by atoms with E-state index in [0.717, 1.165) is 13.0 Å². The van der Waals surface area contributed by atoms with Crippen molar-refractivity contribution in [2.24, 2.45) is 27.9 Å². The molecule has 0 radical (unpaired) electrons. The lowest BCUT2D eigenvalue weighted by atomic mass is 10.0. The number of nitrogens with two attached hydrogens (primary N) is 4. The maximum Gasteiger partial charge on any atom is 0.326 e. The van der Waals surface area contributed by atoms with E-state index >= 15 is 0 Å². The molecule has 16 heteroatoms. The standard InChI is InChI=1S/C26H50N10O6/c1-16(33-22(38)17-10-6-14-31-17)21(37)34-18(8-2-4-12-27)23(39)35-19(9-3-5-13-28)24(40)36-20(25(41)42)11-7-15-32-26(29)30/h16-20,31H,2-15,27-28H2,1H3,(H,33,38)(H,34,37)(H,35,39)(H,36,40)(H,41,42)(H4,29,30,32)/t16-,17+,18-,19-,20-/m0/s1. The zero-order valence-corrected chi connectivity index (χ0v) is 24.5. The van der Waals surface area contributed by atoms with Crippen LogP contribution in [0.4, 0.5) is 0 Å². The van der Waals surface area contributed by atoms with Crippen LogP contribution in [0.15, 0.2) is 4.99 Å². The van der Waals surface area contributed by atoms with Crippen molar-refractivity contribution in [3.05, 3.63) is 0 Å². The van der Waals surface area contributed by atoms with E-state index in [1.165, 1.54) is 6.92 Å². The largest absolute Gasteiger partial charge is 0.480 e. The van der Waals surface area contributed by atoms with Crippen LogP contribution in [0.5, 0.6) is 0 Å². The van der Waals surface area contributed by atoms with Gasteiger partial charge in [-0.25, -0.2) is 4.79 Å². The number of guanidine groups is 1. The second-order valence-corrected chi connectivity index (χ2v) is 10.4. The highest BCUT2D eigenvalue weighted by atomic mass is 16.4. The first-order valence-corrected chi connectivity index (χ1v) is 14.6. The van der Waals surface area contributed by atoms with Crippen molar-refractivity contribution in [2.75, 3.05) is 26.2 Å². The van der Waals surface area contributed by atoms with Gasteiger partial charge in [0.1, 0.15) is 24.2 Å². The van der Waals surface area contributed by atoms with E-state index in [4.69, 9.17) is 22.9 Å². The predicted molar refractivity (Wildman–Crippen MR) is 158 cm³/mol. The Balaban J connectivity index is 2.93. The molecule has 16 nitrogen and oxygen atoms in total. The number of carboxylic acids is 1. The summed E-state index contributed by atoms with van der Waals surface area (Å²) in [6.45, 7) is 3.22. The molecule has 0 saturated carbocycles. The van der Waals surface area contributed by atoms with Crippen molar-refractivity contribution in [2.45, 2.75) is 101 Å². The summed E-state index contributed by atoms with van der Waals surface area (Å²) in [6, 6.07) is -4.56. The van der Waals surface area contributed by atoms with E-state index in [9.17, 15) is 29.1 Å². The fourth-order valence-electron chi connectivity index (χ4n) is 4.41. The van der Waals surface area contributed by atoms with E-state index in [0.29, 0.717) is 51.6 Å². The minimum Gasteiger partial charge on any atom is -0.480 e. The molecular formula is C26H50N10O6. The Morgan fingerprint density at radius 3 is 1.81 bits per heavy atom. The number of nitrogens with one attached hydrogen (secondary N) is 5. The van der Waals surface area contributed by atoms with Crippen molar-refractivity contribution in [3.8, 4) is 0 Å². The summed E-state index contributed by atoms with van der Waals surface area (Å²) in [4.78, 5) is 67.4. The van der Waals surface area contributed by atoms with Gasteiger partial charge in [0, 0.05) is 6.54 Å². The molecule has 42 heavy (non-hydrogen) atoms. The highest BCUT2D eigenvalue weighted by molar-refractivity contribution is 5.95. The van der Waals surface area contributed by atoms with Gasteiger partial charge in [-0.15, -0.1) is 0 Å².